The van der Waals surface area contributed by atoms with E-state index >= 15 is 0 Å². The quantitative estimate of drug-likeness (QED) is 0.416. The molecule has 1 aliphatic heterocycles. The number of H-pyrrole nitrogens is 1. The van der Waals surface area contributed by atoms with Gasteiger partial charge in [0.1, 0.15) is 5.39 Å². The van der Waals surface area contributed by atoms with Crippen LogP contribution in [0.2, 0.25) is 0 Å². The van der Waals surface area contributed by atoms with E-state index in [0.717, 1.165) is 18.4 Å². The average Bonchev–Trinajstić information content (AvgIpc) is 3.46. The average molecular weight is 469 g/mol. The van der Waals surface area contributed by atoms with Crippen LogP contribution in [0.3, 0.4) is 0 Å². The summed E-state index contributed by atoms with van der Waals surface area (Å²) in [6, 6.07) is 9.39. The van der Waals surface area contributed by atoms with Crippen LogP contribution in [0.25, 0.3) is 10.9 Å². The smallest absolute Gasteiger partial charge is 0.261 e. The van der Waals surface area contributed by atoms with Crippen molar-refractivity contribution in [2.75, 3.05) is 5.32 Å². The van der Waals surface area contributed by atoms with Crippen LogP contribution >= 0.6 is 10.8 Å². The summed E-state index contributed by atoms with van der Waals surface area (Å²) < 4.78 is 25.2. The second-order valence-corrected chi connectivity index (χ2v) is 11.7. The number of aromatic amines is 1. The van der Waals surface area contributed by atoms with Gasteiger partial charge in [0.2, 0.25) is 0 Å². The van der Waals surface area contributed by atoms with Crippen molar-refractivity contribution in [2.24, 2.45) is 5.92 Å². The number of aromatic nitrogens is 3. The molecule has 0 radical (unpaired) electrons. The number of nitriles is 1. The van der Waals surface area contributed by atoms with Gasteiger partial charge >= 0.3 is 0 Å². The Morgan fingerprint density at radius 3 is 2.76 bits per heavy atom. The molecule has 1 unspecified atom stereocenters. The number of anilines is 2. The van der Waals surface area contributed by atoms with Gasteiger partial charge in [0, 0.05) is 24.0 Å². The SMILES string of the molecule is CC(C)(C)N1Cc2cc(Nc3nn(C(CC#N)C4CC4)c4cc[nH]c(=O)c34)ccc2S1(O)O. The fourth-order valence-corrected chi connectivity index (χ4v) is 6.68. The molecule has 5 rings (SSSR count). The van der Waals surface area contributed by atoms with Crippen LogP contribution in [-0.4, -0.2) is 33.7 Å². The Morgan fingerprint density at radius 2 is 2.09 bits per heavy atom. The maximum Gasteiger partial charge on any atom is 0.261 e. The van der Waals surface area contributed by atoms with Gasteiger partial charge in [-0.25, -0.2) is 0 Å². The zero-order valence-corrected chi connectivity index (χ0v) is 19.7. The Morgan fingerprint density at radius 1 is 1.33 bits per heavy atom. The monoisotopic (exact) mass is 468 g/mol. The highest BCUT2D eigenvalue weighted by Crippen LogP contribution is 2.61. The lowest BCUT2D eigenvalue weighted by Crippen LogP contribution is -2.39. The van der Waals surface area contributed by atoms with E-state index in [2.05, 4.69) is 16.4 Å². The molecule has 1 fully saturated rings. The minimum Gasteiger partial charge on any atom is -0.338 e. The van der Waals surface area contributed by atoms with Crippen LogP contribution in [-0.2, 0) is 6.54 Å². The normalized spacial score (nSPS) is 19.8. The highest BCUT2D eigenvalue weighted by Gasteiger charge is 2.41. The van der Waals surface area contributed by atoms with Crippen LogP contribution in [0.5, 0.6) is 0 Å². The van der Waals surface area contributed by atoms with Gasteiger partial charge in [-0.1, -0.05) is 0 Å². The third-order valence-corrected chi connectivity index (χ3v) is 8.68. The topological polar surface area (TPSA) is 130 Å². The molecule has 3 aromatic rings. The molecule has 1 atom stereocenters. The number of benzene rings is 1. The number of fused-ring (bicyclic) bond motifs is 2. The van der Waals surface area contributed by atoms with Crippen LogP contribution < -0.4 is 10.9 Å². The highest BCUT2D eigenvalue weighted by atomic mass is 32.3. The van der Waals surface area contributed by atoms with Crippen molar-refractivity contribution < 1.29 is 9.11 Å². The number of nitrogens with zero attached hydrogens (tertiary/aromatic N) is 4. The molecule has 4 N–H and O–H groups in total. The molecular formula is C23H28N6O3S. The standard InChI is InChI=1S/C23H28N6O3S/c1-23(2,3)28-13-15-12-16(6-7-19(15)33(28,31)32)26-21-20-18(9-11-25-22(20)30)29(27-21)17(8-10-24)14-4-5-14/h6-7,9,11-12,14,17,31-32H,4-5,8,13H2,1-3H3,(H,25,30)(H,26,27). The number of hydrogen-bond acceptors (Lipinski definition) is 7. The maximum atomic E-state index is 12.7. The van der Waals surface area contributed by atoms with Gasteiger partial charge in [-0.3, -0.25) is 18.6 Å². The molecule has 10 heteroatoms. The molecule has 0 amide bonds. The Bertz CT molecular complexity index is 1330. The number of nitrogens with one attached hydrogen (secondary N) is 2. The summed E-state index contributed by atoms with van der Waals surface area (Å²) in [4.78, 5) is 16.0. The molecule has 0 saturated heterocycles. The third-order valence-electron chi connectivity index (χ3n) is 6.40. The summed E-state index contributed by atoms with van der Waals surface area (Å²) in [5.41, 5.74) is 1.57. The van der Waals surface area contributed by atoms with Gasteiger partial charge in [-0.15, -0.1) is 10.8 Å². The van der Waals surface area contributed by atoms with E-state index < -0.39 is 16.3 Å². The van der Waals surface area contributed by atoms with Gasteiger partial charge in [0.15, 0.2) is 5.82 Å². The molecular weight excluding hydrogens is 440 g/mol. The van der Waals surface area contributed by atoms with Gasteiger partial charge in [0.25, 0.3) is 5.56 Å². The van der Waals surface area contributed by atoms with Crippen LogP contribution in [0.15, 0.2) is 40.2 Å². The summed E-state index contributed by atoms with van der Waals surface area (Å²) in [6.07, 6.45) is 4.06. The van der Waals surface area contributed by atoms with Crippen LogP contribution in [0, 0.1) is 17.2 Å². The van der Waals surface area contributed by atoms with E-state index in [4.69, 9.17) is 5.10 Å². The van der Waals surface area contributed by atoms with E-state index in [1.807, 2.05) is 37.6 Å². The fourth-order valence-electron chi connectivity index (χ4n) is 4.63. The summed E-state index contributed by atoms with van der Waals surface area (Å²) in [7, 11) is -3.05. The summed E-state index contributed by atoms with van der Waals surface area (Å²) in [6.45, 7) is 6.27. The number of hydrogen-bond donors (Lipinski definition) is 4. The molecule has 1 aromatic carbocycles. The molecule has 2 aromatic heterocycles. The zero-order valence-electron chi connectivity index (χ0n) is 18.9. The van der Waals surface area contributed by atoms with Crippen molar-refractivity contribution in [3.8, 4) is 6.07 Å². The molecule has 1 saturated carbocycles. The van der Waals surface area contributed by atoms with Crippen LogP contribution in [0.4, 0.5) is 11.5 Å². The molecule has 3 heterocycles. The molecule has 1 aliphatic carbocycles. The zero-order chi connectivity index (χ0) is 23.5. The first-order valence-corrected chi connectivity index (χ1v) is 12.5. The van der Waals surface area contributed by atoms with Crippen molar-refractivity contribution in [3.63, 3.8) is 0 Å². The Balaban J connectivity index is 1.54. The van der Waals surface area contributed by atoms with Crippen molar-refractivity contribution in [3.05, 3.63) is 46.4 Å². The minimum absolute atomic E-state index is 0.0665. The summed E-state index contributed by atoms with van der Waals surface area (Å²) >= 11 is 0. The molecule has 33 heavy (non-hydrogen) atoms. The minimum atomic E-state index is -3.05. The summed E-state index contributed by atoms with van der Waals surface area (Å²) in [5, 5.41) is 17.8. The lowest BCUT2D eigenvalue weighted by molar-refractivity contribution is 0.227. The Kier molecular flexibility index (Phi) is 5.06. The second-order valence-electron chi connectivity index (χ2n) is 9.80. The summed E-state index contributed by atoms with van der Waals surface area (Å²) in [5.74, 6) is 0.821. The molecule has 0 bridgehead atoms. The predicted octanol–water partition coefficient (Wildman–Crippen LogP) is 4.97. The van der Waals surface area contributed by atoms with Crippen molar-refractivity contribution in [1.29, 1.82) is 5.26 Å². The second kappa shape index (κ2) is 7.60. The number of pyridine rings is 1. The Labute approximate surface area is 193 Å². The van der Waals surface area contributed by atoms with Crippen molar-refractivity contribution >= 4 is 33.2 Å². The van der Waals surface area contributed by atoms with Crippen LogP contribution in [0.1, 0.15) is 51.6 Å². The van der Waals surface area contributed by atoms with E-state index in [0.29, 0.717) is 46.2 Å². The maximum absolute atomic E-state index is 12.7. The van der Waals surface area contributed by atoms with Gasteiger partial charge < -0.3 is 10.3 Å². The highest BCUT2D eigenvalue weighted by molar-refractivity contribution is 8.22. The van der Waals surface area contributed by atoms with Gasteiger partial charge in [-0.2, -0.15) is 14.7 Å². The van der Waals surface area contributed by atoms with E-state index in [-0.39, 0.29) is 11.6 Å². The van der Waals surface area contributed by atoms with Gasteiger partial charge in [-0.05, 0) is 69.4 Å². The molecule has 174 valence electrons. The van der Waals surface area contributed by atoms with Crippen molar-refractivity contribution in [2.45, 2.75) is 63.1 Å². The number of rotatable bonds is 5. The fraction of sp³-hybridized carbons (Fsp3) is 0.435. The third kappa shape index (κ3) is 3.71. The predicted molar refractivity (Wildman–Crippen MR) is 128 cm³/mol. The van der Waals surface area contributed by atoms with Gasteiger partial charge in [0.05, 0.1) is 28.9 Å². The first-order chi connectivity index (χ1) is 15.6. The molecule has 2 aliphatic rings. The molecule has 0 spiro atoms. The first kappa shape index (κ1) is 22.0. The molecule has 9 nitrogen and oxygen atoms in total. The van der Waals surface area contributed by atoms with Crippen molar-refractivity contribution in [1.82, 2.24) is 19.1 Å². The lowest BCUT2D eigenvalue weighted by Gasteiger charge is -2.44. The largest absolute Gasteiger partial charge is 0.338 e. The lowest BCUT2D eigenvalue weighted by atomic mass is 10.1. The first-order valence-electron chi connectivity index (χ1n) is 11.0. The van der Waals surface area contributed by atoms with E-state index in [1.54, 1.807) is 22.6 Å². The van der Waals surface area contributed by atoms with E-state index in [1.165, 1.54) is 0 Å². The Hall–Kier alpha value is -2.84. The van der Waals surface area contributed by atoms with E-state index in [9.17, 15) is 19.2 Å².